The first-order chi connectivity index (χ1) is 19.7. The highest BCUT2D eigenvalue weighted by atomic mass is 32.2. The van der Waals surface area contributed by atoms with Crippen molar-refractivity contribution in [2.45, 2.75) is 39.8 Å². The number of carbonyl (C=O) groups excluding carboxylic acids is 2. The summed E-state index contributed by atoms with van der Waals surface area (Å²) in [5.41, 5.74) is 3.01. The van der Waals surface area contributed by atoms with Gasteiger partial charge < -0.3 is 19.7 Å². The van der Waals surface area contributed by atoms with Crippen LogP contribution in [0.4, 0.5) is 5.69 Å². The Morgan fingerprint density at radius 2 is 1.61 bits per heavy atom. The molecule has 3 aromatic carbocycles. The first kappa shape index (κ1) is 29.9. The molecule has 0 saturated carbocycles. The topological polar surface area (TPSA) is 105 Å². The van der Waals surface area contributed by atoms with Crippen molar-refractivity contribution in [1.82, 2.24) is 10.2 Å². The van der Waals surface area contributed by atoms with Gasteiger partial charge in [-0.3, -0.25) is 13.9 Å². The molecule has 9 nitrogen and oxygen atoms in total. The van der Waals surface area contributed by atoms with Crippen molar-refractivity contribution in [1.29, 1.82) is 0 Å². The monoisotopic (exact) mass is 579 g/mol. The Morgan fingerprint density at radius 3 is 2.29 bits per heavy atom. The van der Waals surface area contributed by atoms with Gasteiger partial charge in [-0.25, -0.2) is 8.42 Å². The maximum absolute atomic E-state index is 14.2. The Morgan fingerprint density at radius 1 is 0.927 bits per heavy atom. The summed E-state index contributed by atoms with van der Waals surface area (Å²) in [6, 6.07) is 21.1. The van der Waals surface area contributed by atoms with E-state index in [2.05, 4.69) is 5.32 Å². The molecule has 218 valence electrons. The molecule has 41 heavy (non-hydrogen) atoms. The highest BCUT2D eigenvalue weighted by Crippen LogP contribution is 2.35. The van der Waals surface area contributed by atoms with Crippen molar-refractivity contribution in [2.24, 2.45) is 0 Å². The van der Waals surface area contributed by atoms with Gasteiger partial charge in [0, 0.05) is 25.6 Å². The predicted octanol–water partition coefficient (Wildman–Crippen LogP) is 3.70. The number of likely N-dealkylation sites (N-methyl/N-ethyl adjacent to an activating group) is 1. The summed E-state index contributed by atoms with van der Waals surface area (Å²) in [7, 11) is -3.88. The van der Waals surface area contributed by atoms with E-state index in [1.165, 1.54) is 11.8 Å². The molecule has 1 atom stereocenters. The van der Waals surface area contributed by atoms with Gasteiger partial charge in [-0.2, -0.15) is 0 Å². The minimum Gasteiger partial charge on any atom is -0.486 e. The fourth-order valence-corrected chi connectivity index (χ4v) is 5.78. The van der Waals surface area contributed by atoms with Gasteiger partial charge >= 0.3 is 0 Å². The van der Waals surface area contributed by atoms with Gasteiger partial charge in [-0.15, -0.1) is 0 Å². The number of aryl methyl sites for hydroxylation is 1. The van der Waals surface area contributed by atoms with Crippen LogP contribution in [0.3, 0.4) is 0 Å². The zero-order chi connectivity index (χ0) is 29.4. The summed E-state index contributed by atoms with van der Waals surface area (Å²) < 4.78 is 39.0. The molecule has 0 fully saturated rings. The second kappa shape index (κ2) is 13.5. The molecule has 4 rings (SSSR count). The van der Waals surface area contributed by atoms with Crippen LogP contribution in [0.25, 0.3) is 0 Å². The van der Waals surface area contributed by atoms with Gasteiger partial charge in [0.1, 0.15) is 25.8 Å². The quantitative estimate of drug-likeness (QED) is 0.351. The third-order valence-corrected chi connectivity index (χ3v) is 8.76. The first-order valence-electron chi connectivity index (χ1n) is 13.8. The minimum absolute atomic E-state index is 0.140. The lowest BCUT2D eigenvalue weighted by Crippen LogP contribution is -2.53. The highest BCUT2D eigenvalue weighted by molar-refractivity contribution is 7.92. The van der Waals surface area contributed by atoms with Crippen LogP contribution in [0.15, 0.2) is 72.8 Å². The number of hydrogen-bond acceptors (Lipinski definition) is 6. The number of amides is 2. The number of anilines is 1. The van der Waals surface area contributed by atoms with Gasteiger partial charge in [-0.05, 0) is 49.6 Å². The molecule has 1 aliphatic heterocycles. The summed E-state index contributed by atoms with van der Waals surface area (Å²) in [6.45, 7) is 6.09. The molecule has 3 aromatic rings. The number of benzene rings is 3. The number of carbonyl (C=O) groups is 2. The van der Waals surface area contributed by atoms with E-state index in [0.29, 0.717) is 31.3 Å². The average Bonchev–Trinajstić information content (AvgIpc) is 2.98. The lowest BCUT2D eigenvalue weighted by Gasteiger charge is -2.34. The van der Waals surface area contributed by atoms with Gasteiger partial charge in [0.15, 0.2) is 11.5 Å². The molecular weight excluding hydrogens is 542 g/mol. The normalized spacial score (nSPS) is 13.2. The fourth-order valence-electron chi connectivity index (χ4n) is 4.72. The Balaban J connectivity index is 1.74. The molecule has 0 spiro atoms. The number of hydrogen-bond donors (Lipinski definition) is 1. The molecule has 1 aliphatic rings. The third kappa shape index (κ3) is 7.38. The second-order valence-electron chi connectivity index (χ2n) is 9.78. The van der Waals surface area contributed by atoms with Gasteiger partial charge in [0.2, 0.25) is 21.8 Å². The van der Waals surface area contributed by atoms with Crippen LogP contribution >= 0.6 is 0 Å². The van der Waals surface area contributed by atoms with E-state index < -0.39 is 28.5 Å². The van der Waals surface area contributed by atoms with Gasteiger partial charge in [0.05, 0.1) is 11.4 Å². The maximum atomic E-state index is 14.2. The predicted molar refractivity (Wildman–Crippen MR) is 159 cm³/mol. The number of nitrogens with one attached hydrogen (secondary N) is 1. The van der Waals surface area contributed by atoms with E-state index in [0.717, 1.165) is 21.0 Å². The van der Waals surface area contributed by atoms with E-state index in [-0.39, 0.29) is 30.3 Å². The third-order valence-electron chi connectivity index (χ3n) is 7.02. The van der Waals surface area contributed by atoms with E-state index in [4.69, 9.17) is 9.47 Å². The van der Waals surface area contributed by atoms with Crippen LogP contribution in [0.2, 0.25) is 0 Å². The summed E-state index contributed by atoms with van der Waals surface area (Å²) in [5.74, 6) is -0.0788. The molecule has 0 aromatic heterocycles. The number of fused-ring (bicyclic) bond motifs is 1. The first-order valence-corrected chi connectivity index (χ1v) is 15.4. The SMILES string of the molecule is CCNC(=O)C(Cc1ccccc1)N(Cc1ccccc1C)C(=O)CN(c1ccc2c(c1)OCCO2)S(=O)(=O)CC. The zero-order valence-electron chi connectivity index (χ0n) is 23.7. The van der Waals surface area contributed by atoms with E-state index in [1.54, 1.807) is 18.2 Å². The van der Waals surface area contributed by atoms with Crippen molar-refractivity contribution in [3.63, 3.8) is 0 Å². The maximum Gasteiger partial charge on any atom is 0.244 e. The largest absolute Gasteiger partial charge is 0.486 e. The average molecular weight is 580 g/mol. The van der Waals surface area contributed by atoms with Crippen molar-refractivity contribution in [3.05, 3.63) is 89.5 Å². The van der Waals surface area contributed by atoms with Crippen LogP contribution < -0.4 is 19.1 Å². The second-order valence-corrected chi connectivity index (χ2v) is 12.0. The molecule has 10 heteroatoms. The van der Waals surface area contributed by atoms with Crippen LogP contribution in [0.1, 0.15) is 30.5 Å². The van der Waals surface area contributed by atoms with Crippen LogP contribution in [0.5, 0.6) is 11.5 Å². The molecule has 2 amide bonds. The lowest BCUT2D eigenvalue weighted by molar-refractivity contribution is -0.140. The lowest BCUT2D eigenvalue weighted by atomic mass is 10.0. The molecule has 0 bridgehead atoms. The van der Waals surface area contributed by atoms with Crippen molar-refractivity contribution in [2.75, 3.05) is 36.4 Å². The minimum atomic E-state index is -3.88. The molecule has 0 radical (unpaired) electrons. The smallest absolute Gasteiger partial charge is 0.244 e. The molecule has 1 unspecified atom stereocenters. The number of sulfonamides is 1. The molecule has 1 N–H and O–H groups in total. The molecule has 0 saturated heterocycles. The fraction of sp³-hybridized carbons (Fsp3) is 0.355. The Hall–Kier alpha value is -4.05. The van der Waals surface area contributed by atoms with Crippen LogP contribution in [-0.2, 0) is 32.6 Å². The molecule has 1 heterocycles. The summed E-state index contributed by atoms with van der Waals surface area (Å²) >= 11 is 0. The number of ether oxygens (including phenoxy) is 2. The Kier molecular flexibility index (Phi) is 9.88. The molecule has 0 aliphatic carbocycles. The molecular formula is C31H37N3O6S. The zero-order valence-corrected chi connectivity index (χ0v) is 24.5. The Labute approximate surface area is 242 Å². The van der Waals surface area contributed by atoms with Crippen molar-refractivity contribution < 1.29 is 27.5 Å². The van der Waals surface area contributed by atoms with Crippen molar-refractivity contribution >= 4 is 27.5 Å². The number of rotatable bonds is 12. The van der Waals surface area contributed by atoms with Crippen LogP contribution in [0, 0.1) is 6.92 Å². The summed E-state index contributed by atoms with van der Waals surface area (Å²) in [4.78, 5) is 29.2. The standard InChI is InChI=1S/C31H37N3O6S/c1-4-32-31(36)27(19-24-12-7-6-8-13-24)33(21-25-14-10-9-11-23(25)3)30(35)22-34(41(37,38)5-2)26-15-16-28-29(20-26)40-18-17-39-28/h6-16,20,27H,4-5,17-19,21-22H2,1-3H3,(H,32,36). The van der Waals surface area contributed by atoms with E-state index in [1.807, 2.05) is 68.4 Å². The van der Waals surface area contributed by atoms with Gasteiger partial charge in [0.25, 0.3) is 0 Å². The van der Waals surface area contributed by atoms with Crippen LogP contribution in [-0.4, -0.2) is 63.2 Å². The number of nitrogens with zero attached hydrogens (tertiary/aromatic N) is 2. The van der Waals surface area contributed by atoms with Crippen molar-refractivity contribution in [3.8, 4) is 11.5 Å². The summed E-state index contributed by atoms with van der Waals surface area (Å²) in [5, 5.41) is 2.87. The highest BCUT2D eigenvalue weighted by Gasteiger charge is 2.34. The Bertz CT molecular complexity index is 1460. The van der Waals surface area contributed by atoms with E-state index >= 15 is 0 Å². The summed E-state index contributed by atoms with van der Waals surface area (Å²) in [6.07, 6.45) is 0.273. The van der Waals surface area contributed by atoms with Gasteiger partial charge in [-0.1, -0.05) is 54.6 Å². The van der Waals surface area contributed by atoms with E-state index in [9.17, 15) is 18.0 Å².